The van der Waals surface area contributed by atoms with E-state index in [1.165, 1.54) is 10.3 Å². The van der Waals surface area contributed by atoms with E-state index in [9.17, 15) is 0 Å². The molecule has 0 aromatic carbocycles. The molecule has 60 valence electrons. The molecule has 0 bridgehead atoms. The Morgan fingerprint density at radius 1 is 0.909 bits per heavy atom. The van der Waals surface area contributed by atoms with Gasteiger partial charge in [0.25, 0.3) is 0 Å². The molecule has 0 aromatic rings. The number of isothiocyanates is 2. The SMILES string of the molecule is [N-]=C=S.[N-]=C=S.[NH-]N.[NH-]N.[Zn+2]. The molecule has 0 heterocycles. The summed E-state index contributed by atoms with van der Waals surface area (Å²) in [5, 5.41) is 16.9. The van der Waals surface area contributed by atoms with Gasteiger partial charge in [-0.1, -0.05) is 24.4 Å². The van der Waals surface area contributed by atoms with Crippen LogP contribution >= 0.6 is 24.4 Å². The molecule has 0 fully saturated rings. The Hall–Kier alpha value is 0.0634. The molecule has 6 N–H and O–H groups in total. The van der Waals surface area contributed by atoms with Gasteiger partial charge in [-0.2, -0.15) is 10.3 Å². The van der Waals surface area contributed by atoms with Gasteiger partial charge >= 0.3 is 19.5 Å². The Morgan fingerprint density at radius 3 is 0.909 bits per heavy atom. The molecular weight excluding hydrogens is 238 g/mol. The third-order valence-electron chi connectivity index (χ3n) is 0. The largest absolute Gasteiger partial charge is 2.00 e. The summed E-state index contributed by atoms with van der Waals surface area (Å²) in [6, 6.07) is 0. The van der Waals surface area contributed by atoms with Crippen molar-refractivity contribution in [2.45, 2.75) is 0 Å². The minimum Gasteiger partial charge on any atom is -0.753 e. The summed E-state index contributed by atoms with van der Waals surface area (Å²) in [4.78, 5) is 0. The summed E-state index contributed by atoms with van der Waals surface area (Å²) in [5.41, 5.74) is 0. The van der Waals surface area contributed by atoms with Gasteiger partial charge in [0.05, 0.1) is 0 Å². The van der Waals surface area contributed by atoms with Crippen molar-refractivity contribution in [1.82, 2.24) is 0 Å². The van der Waals surface area contributed by atoms with E-state index in [1.54, 1.807) is 0 Å². The first-order valence-electron chi connectivity index (χ1n) is 1.43. The quantitative estimate of drug-likeness (QED) is 0.216. The molecular formula is C2H6N6S2Zn-2. The van der Waals surface area contributed by atoms with Gasteiger partial charge < -0.3 is 34.2 Å². The number of hydrogen-bond donors (Lipinski definition) is 2. The molecule has 0 saturated carbocycles. The first-order chi connectivity index (χ1) is 4.83. The van der Waals surface area contributed by atoms with Crippen LogP contribution in [0.3, 0.4) is 0 Å². The van der Waals surface area contributed by atoms with Gasteiger partial charge in [0.15, 0.2) is 0 Å². The van der Waals surface area contributed by atoms with Crippen LogP contribution in [0.15, 0.2) is 0 Å². The topological polar surface area (TPSA) is 144 Å². The third kappa shape index (κ3) is 163000. The predicted octanol–water partition coefficient (Wildman–Crippen LogP) is 1.14. The van der Waals surface area contributed by atoms with Crippen LogP contribution in [0.1, 0.15) is 0 Å². The van der Waals surface area contributed by atoms with E-state index in [-0.39, 0.29) is 19.5 Å². The molecule has 9 heteroatoms. The van der Waals surface area contributed by atoms with Crippen molar-refractivity contribution in [1.29, 1.82) is 0 Å². The van der Waals surface area contributed by atoms with Crippen LogP contribution in [0.25, 0.3) is 22.5 Å². The molecule has 0 spiro atoms. The molecule has 0 amide bonds. The van der Waals surface area contributed by atoms with E-state index in [2.05, 4.69) is 36.1 Å². The third-order valence-corrected chi connectivity index (χ3v) is 0. The summed E-state index contributed by atoms with van der Waals surface area (Å²) in [6.07, 6.45) is 0. The van der Waals surface area contributed by atoms with Crippen LogP contribution in [0.4, 0.5) is 0 Å². The van der Waals surface area contributed by atoms with Crippen molar-refractivity contribution in [3.8, 4) is 0 Å². The van der Waals surface area contributed by atoms with E-state index >= 15 is 0 Å². The number of rotatable bonds is 0. The summed E-state index contributed by atoms with van der Waals surface area (Å²) < 4.78 is 0. The zero-order valence-electron chi connectivity index (χ0n) is 5.57. The molecule has 0 saturated heterocycles. The van der Waals surface area contributed by atoms with E-state index in [4.69, 9.17) is 22.5 Å². The van der Waals surface area contributed by atoms with Crippen LogP contribution in [0, 0.1) is 0 Å². The zero-order valence-corrected chi connectivity index (χ0v) is 10.2. The van der Waals surface area contributed by atoms with Crippen molar-refractivity contribution in [2.24, 2.45) is 11.7 Å². The monoisotopic (exact) mass is 242 g/mol. The average molecular weight is 244 g/mol. The standard InChI is InChI=1S/2CNS.2H3N2.Zn/c2*2-1-3;2*1-2;/h;;2*1H,2H2;/q4*-1;+2. The zero-order chi connectivity index (χ0) is 9.41. The number of nitrogens with two attached hydrogens (primary N) is 2. The molecule has 0 radical (unpaired) electrons. The van der Waals surface area contributed by atoms with Crippen LogP contribution in [-0.2, 0) is 19.5 Å². The smallest absolute Gasteiger partial charge is 0.753 e. The van der Waals surface area contributed by atoms with Crippen LogP contribution in [0.2, 0.25) is 0 Å². The summed E-state index contributed by atoms with van der Waals surface area (Å²) in [6.45, 7) is 0. The van der Waals surface area contributed by atoms with Crippen LogP contribution < -0.4 is 11.7 Å². The van der Waals surface area contributed by atoms with Crippen molar-refractivity contribution < 1.29 is 19.5 Å². The number of hydrogen-bond acceptors (Lipinski definition) is 4. The first kappa shape index (κ1) is 30.5. The fourth-order valence-electron chi connectivity index (χ4n) is 0. The Bertz CT molecular complexity index is 72.6. The second kappa shape index (κ2) is 194. The van der Waals surface area contributed by atoms with E-state index in [0.717, 1.165) is 0 Å². The average Bonchev–Trinajstić information content (AvgIpc) is 1.99. The number of nitrogens with one attached hydrogen (secondary N) is 2. The van der Waals surface area contributed by atoms with E-state index in [1.807, 2.05) is 0 Å². The summed E-state index contributed by atoms with van der Waals surface area (Å²) in [5.74, 6) is 18.0. The minimum atomic E-state index is 0. The van der Waals surface area contributed by atoms with E-state index in [0.29, 0.717) is 0 Å². The van der Waals surface area contributed by atoms with Gasteiger partial charge in [-0.3, -0.25) is 0 Å². The minimum absolute atomic E-state index is 0. The fraction of sp³-hybridized carbons (Fsp3) is 0. The number of thiocarbonyl (C=S) groups is 2. The Morgan fingerprint density at radius 2 is 0.909 bits per heavy atom. The second-order valence-corrected chi connectivity index (χ2v) is 0.548. The molecule has 11 heavy (non-hydrogen) atoms. The van der Waals surface area contributed by atoms with E-state index < -0.39 is 0 Å². The van der Waals surface area contributed by atoms with Gasteiger partial charge in [-0.15, -0.1) is 0 Å². The van der Waals surface area contributed by atoms with Crippen molar-refractivity contribution in [3.05, 3.63) is 22.5 Å². The molecule has 0 rings (SSSR count). The van der Waals surface area contributed by atoms with Crippen molar-refractivity contribution >= 4 is 34.8 Å². The van der Waals surface area contributed by atoms with Crippen LogP contribution in [-0.4, -0.2) is 10.3 Å². The van der Waals surface area contributed by atoms with Gasteiger partial charge in [0.1, 0.15) is 0 Å². The molecule has 0 atom stereocenters. The summed E-state index contributed by atoms with van der Waals surface area (Å²) in [7, 11) is 0. The molecule has 0 aromatic heterocycles. The fourth-order valence-corrected chi connectivity index (χ4v) is 0. The van der Waals surface area contributed by atoms with Crippen LogP contribution in [0.5, 0.6) is 0 Å². The maximum Gasteiger partial charge on any atom is 2.00 e. The molecule has 0 aliphatic rings. The van der Waals surface area contributed by atoms with Gasteiger partial charge in [-0.25, -0.2) is 0 Å². The normalized spacial score (nSPS) is 2.55. The number of nitrogens with zero attached hydrogens (tertiary/aromatic N) is 2. The van der Waals surface area contributed by atoms with Gasteiger partial charge in [-0.05, 0) is 0 Å². The maximum atomic E-state index is 7.13. The predicted molar refractivity (Wildman–Crippen MR) is 48.9 cm³/mol. The first-order valence-corrected chi connectivity index (χ1v) is 2.25. The maximum absolute atomic E-state index is 7.13. The summed E-state index contributed by atoms with van der Waals surface area (Å²) >= 11 is 7.40. The molecule has 0 aliphatic carbocycles. The second-order valence-electron chi connectivity index (χ2n) is 0.183. The Kier molecular flexibility index (Phi) is 538. The molecule has 0 aliphatic heterocycles. The molecule has 6 nitrogen and oxygen atoms in total. The van der Waals surface area contributed by atoms with Crippen molar-refractivity contribution in [2.75, 3.05) is 0 Å². The van der Waals surface area contributed by atoms with Gasteiger partial charge in [0, 0.05) is 0 Å². The molecule has 0 unspecified atom stereocenters. The van der Waals surface area contributed by atoms with Crippen molar-refractivity contribution in [3.63, 3.8) is 0 Å². The Balaban J connectivity index is -0.0000000144. The van der Waals surface area contributed by atoms with Gasteiger partial charge in [0.2, 0.25) is 0 Å². The Labute approximate surface area is 88.4 Å².